The number of halogens is 1. The number of ketones is 1. The number of carbonyl (C=O) groups is 1. The average Bonchev–Trinajstić information content (AvgIpc) is 2.58. The van der Waals surface area contributed by atoms with E-state index in [4.69, 9.17) is 5.73 Å². The molecule has 2 aromatic heterocycles. The second-order valence-corrected chi connectivity index (χ2v) is 6.33. The van der Waals surface area contributed by atoms with Gasteiger partial charge in [0.2, 0.25) is 0 Å². The highest BCUT2D eigenvalue weighted by Crippen LogP contribution is 2.27. The van der Waals surface area contributed by atoms with Crippen molar-refractivity contribution in [1.29, 1.82) is 0 Å². The largest absolute Gasteiger partial charge is 0.397 e. The number of Topliss-reactive ketones (excluding diaryl/α,β-unsaturated/α-hetero) is 1. The van der Waals surface area contributed by atoms with Gasteiger partial charge >= 0.3 is 0 Å². The van der Waals surface area contributed by atoms with Gasteiger partial charge in [-0.15, -0.1) is 0 Å². The topological polar surface area (TPSA) is 68.9 Å². The first-order chi connectivity index (χ1) is 11.6. The molecule has 3 aromatic rings. The third kappa shape index (κ3) is 3.36. The number of aromatic nitrogens is 2. The predicted molar refractivity (Wildman–Crippen MR) is 98.8 cm³/mol. The van der Waals surface area contributed by atoms with Gasteiger partial charge in [0, 0.05) is 18.8 Å². The lowest BCUT2D eigenvalue weighted by atomic mass is 9.94. The number of hydrogen-bond acceptors (Lipinski definition) is 4. The highest BCUT2D eigenvalue weighted by Gasteiger charge is 2.16. The van der Waals surface area contributed by atoms with Crippen LogP contribution in [0.5, 0.6) is 0 Å². The van der Waals surface area contributed by atoms with E-state index in [-0.39, 0.29) is 17.9 Å². The van der Waals surface area contributed by atoms with E-state index in [1.807, 2.05) is 24.3 Å². The van der Waals surface area contributed by atoms with E-state index in [2.05, 4.69) is 38.9 Å². The molecule has 4 nitrogen and oxygen atoms in total. The standard InChI is InChI=1S/C19H16BrN3O/c1-12-4-2-3-5-14(12)15-8-9-22-11-13(15)10-17(24)19-16(21)6-7-18(20)23-19/h2-9,11H,10,21H2,1H3. The van der Waals surface area contributed by atoms with Crippen LogP contribution in [0.1, 0.15) is 21.6 Å². The Morgan fingerprint density at radius 1 is 1.12 bits per heavy atom. The van der Waals surface area contributed by atoms with Crippen LogP contribution in [0.15, 0.2) is 59.5 Å². The van der Waals surface area contributed by atoms with E-state index in [1.54, 1.807) is 24.5 Å². The van der Waals surface area contributed by atoms with Crippen LogP contribution in [0, 0.1) is 6.92 Å². The Hall–Kier alpha value is -2.53. The summed E-state index contributed by atoms with van der Waals surface area (Å²) in [5, 5.41) is 0. The summed E-state index contributed by atoms with van der Waals surface area (Å²) in [7, 11) is 0. The molecule has 1 aromatic carbocycles. The molecular formula is C19H16BrN3O. The molecule has 3 rings (SSSR count). The molecule has 0 saturated carbocycles. The Morgan fingerprint density at radius 2 is 1.92 bits per heavy atom. The first kappa shape index (κ1) is 16.3. The van der Waals surface area contributed by atoms with Gasteiger partial charge in [0.1, 0.15) is 10.3 Å². The van der Waals surface area contributed by atoms with Crippen molar-refractivity contribution in [2.24, 2.45) is 0 Å². The maximum absolute atomic E-state index is 12.7. The van der Waals surface area contributed by atoms with Crippen molar-refractivity contribution < 1.29 is 4.79 Å². The molecule has 120 valence electrons. The highest BCUT2D eigenvalue weighted by atomic mass is 79.9. The third-order valence-corrected chi connectivity index (χ3v) is 4.29. The van der Waals surface area contributed by atoms with Crippen molar-refractivity contribution in [3.8, 4) is 11.1 Å². The zero-order valence-corrected chi connectivity index (χ0v) is 14.7. The number of rotatable bonds is 4. The predicted octanol–water partition coefficient (Wildman–Crippen LogP) is 4.22. The number of hydrogen-bond donors (Lipinski definition) is 1. The minimum Gasteiger partial charge on any atom is -0.397 e. The van der Waals surface area contributed by atoms with Crippen molar-refractivity contribution in [2.45, 2.75) is 13.3 Å². The average molecular weight is 382 g/mol. The number of benzene rings is 1. The molecule has 5 heteroatoms. The number of nitrogens with zero attached hydrogens (tertiary/aromatic N) is 2. The Kier molecular flexibility index (Phi) is 4.71. The van der Waals surface area contributed by atoms with Crippen molar-refractivity contribution in [1.82, 2.24) is 9.97 Å². The van der Waals surface area contributed by atoms with Crippen molar-refractivity contribution in [3.63, 3.8) is 0 Å². The van der Waals surface area contributed by atoms with E-state index in [1.165, 1.54) is 0 Å². The minimum atomic E-state index is -0.128. The van der Waals surface area contributed by atoms with Crippen LogP contribution in [0.25, 0.3) is 11.1 Å². The molecule has 0 amide bonds. The van der Waals surface area contributed by atoms with Crippen LogP contribution >= 0.6 is 15.9 Å². The smallest absolute Gasteiger partial charge is 0.187 e. The molecule has 0 aliphatic carbocycles. The van der Waals surface area contributed by atoms with Gasteiger partial charge in [-0.05, 0) is 63.3 Å². The lowest BCUT2D eigenvalue weighted by Gasteiger charge is -2.11. The Balaban J connectivity index is 1.98. The van der Waals surface area contributed by atoms with Crippen LogP contribution in [0.2, 0.25) is 0 Å². The van der Waals surface area contributed by atoms with Crippen LogP contribution < -0.4 is 5.73 Å². The van der Waals surface area contributed by atoms with Crippen LogP contribution in [-0.2, 0) is 6.42 Å². The second-order valence-electron chi connectivity index (χ2n) is 5.52. The zero-order valence-electron chi connectivity index (χ0n) is 13.2. The van der Waals surface area contributed by atoms with Crippen LogP contribution in [-0.4, -0.2) is 15.8 Å². The van der Waals surface area contributed by atoms with E-state index in [0.29, 0.717) is 10.3 Å². The summed E-state index contributed by atoms with van der Waals surface area (Å²) < 4.78 is 0.588. The molecule has 0 saturated heterocycles. The fourth-order valence-electron chi connectivity index (χ4n) is 2.63. The van der Waals surface area contributed by atoms with E-state index >= 15 is 0 Å². The van der Waals surface area contributed by atoms with Crippen molar-refractivity contribution >= 4 is 27.4 Å². The Bertz CT molecular complexity index is 909. The molecular weight excluding hydrogens is 366 g/mol. The quantitative estimate of drug-likeness (QED) is 0.542. The summed E-state index contributed by atoms with van der Waals surface area (Å²) >= 11 is 3.28. The summed E-state index contributed by atoms with van der Waals surface area (Å²) in [5.41, 5.74) is 10.7. The van der Waals surface area contributed by atoms with Crippen LogP contribution in [0.3, 0.4) is 0 Å². The third-order valence-electron chi connectivity index (χ3n) is 3.85. The van der Waals surface area contributed by atoms with Gasteiger partial charge in [-0.2, -0.15) is 0 Å². The van der Waals surface area contributed by atoms with Gasteiger partial charge in [-0.3, -0.25) is 9.78 Å². The molecule has 2 heterocycles. The van der Waals surface area contributed by atoms with Gasteiger partial charge in [-0.1, -0.05) is 24.3 Å². The monoisotopic (exact) mass is 381 g/mol. The fourth-order valence-corrected chi connectivity index (χ4v) is 2.94. The summed E-state index contributed by atoms with van der Waals surface area (Å²) in [6.07, 6.45) is 3.67. The maximum atomic E-state index is 12.7. The number of aryl methyl sites for hydroxylation is 1. The van der Waals surface area contributed by atoms with Gasteiger partial charge in [0.15, 0.2) is 5.78 Å². The van der Waals surface area contributed by atoms with E-state index in [9.17, 15) is 4.79 Å². The molecule has 0 bridgehead atoms. The van der Waals surface area contributed by atoms with Gasteiger partial charge < -0.3 is 5.73 Å². The van der Waals surface area contributed by atoms with Crippen molar-refractivity contribution in [2.75, 3.05) is 5.73 Å². The molecule has 0 aliphatic heterocycles. The first-order valence-electron chi connectivity index (χ1n) is 7.50. The molecule has 0 atom stereocenters. The zero-order chi connectivity index (χ0) is 17.1. The number of nitrogen functional groups attached to an aromatic ring is 1. The highest BCUT2D eigenvalue weighted by molar-refractivity contribution is 9.10. The molecule has 0 radical (unpaired) electrons. The Morgan fingerprint density at radius 3 is 2.71 bits per heavy atom. The molecule has 0 fully saturated rings. The first-order valence-corrected chi connectivity index (χ1v) is 8.29. The number of carbonyl (C=O) groups excluding carboxylic acids is 1. The number of pyridine rings is 2. The number of nitrogens with two attached hydrogens (primary N) is 1. The molecule has 2 N–H and O–H groups in total. The Labute approximate surface area is 148 Å². The van der Waals surface area contributed by atoms with E-state index in [0.717, 1.165) is 22.3 Å². The fraction of sp³-hybridized carbons (Fsp3) is 0.105. The van der Waals surface area contributed by atoms with Crippen molar-refractivity contribution in [3.05, 3.63) is 76.3 Å². The molecule has 0 aliphatic rings. The second kappa shape index (κ2) is 6.93. The molecule has 0 spiro atoms. The number of anilines is 1. The summed E-state index contributed by atoms with van der Waals surface area (Å²) in [6, 6.07) is 13.4. The van der Waals surface area contributed by atoms with Gasteiger partial charge in [0.25, 0.3) is 0 Å². The SMILES string of the molecule is Cc1ccccc1-c1ccncc1CC(=O)c1nc(Br)ccc1N. The van der Waals surface area contributed by atoms with Gasteiger partial charge in [0.05, 0.1) is 5.69 Å². The molecule has 0 unspecified atom stereocenters. The minimum absolute atomic E-state index is 0.128. The lowest BCUT2D eigenvalue weighted by molar-refractivity contribution is 0.0989. The van der Waals surface area contributed by atoms with Gasteiger partial charge in [-0.25, -0.2) is 4.98 Å². The lowest BCUT2D eigenvalue weighted by Crippen LogP contribution is -2.10. The maximum Gasteiger partial charge on any atom is 0.187 e. The normalized spacial score (nSPS) is 10.6. The summed E-state index contributed by atoms with van der Waals surface area (Å²) in [5.74, 6) is -0.128. The van der Waals surface area contributed by atoms with Crippen LogP contribution in [0.4, 0.5) is 5.69 Å². The molecule has 24 heavy (non-hydrogen) atoms. The summed E-state index contributed by atoms with van der Waals surface area (Å²) in [6.45, 7) is 2.05. The van der Waals surface area contributed by atoms with E-state index < -0.39 is 0 Å². The summed E-state index contributed by atoms with van der Waals surface area (Å²) in [4.78, 5) is 21.0.